The highest BCUT2D eigenvalue weighted by Crippen LogP contribution is 2.06. The molecule has 1 heterocycles. The quantitative estimate of drug-likeness (QED) is 0.699. The zero-order valence-electron chi connectivity index (χ0n) is 9.80. The maximum absolute atomic E-state index is 11.3. The summed E-state index contributed by atoms with van der Waals surface area (Å²) in [4.78, 5) is 13.5. The minimum Gasteiger partial charge on any atom is -0.444 e. The monoisotopic (exact) mass is 215 g/mol. The molecular formula is C10H21N3O2. The first-order valence-electron chi connectivity index (χ1n) is 5.37. The van der Waals surface area contributed by atoms with Crippen molar-refractivity contribution in [3.63, 3.8) is 0 Å². The first kappa shape index (κ1) is 12.3. The Balaban J connectivity index is 2.15. The maximum Gasteiger partial charge on any atom is 0.408 e. The normalized spacial score (nSPS) is 18.6. The van der Waals surface area contributed by atoms with Gasteiger partial charge < -0.3 is 15.4 Å². The Morgan fingerprint density at radius 3 is 2.53 bits per heavy atom. The van der Waals surface area contributed by atoms with E-state index in [-0.39, 0.29) is 6.09 Å². The van der Waals surface area contributed by atoms with Crippen LogP contribution in [0, 0.1) is 0 Å². The Morgan fingerprint density at radius 2 is 2.00 bits per heavy atom. The van der Waals surface area contributed by atoms with Gasteiger partial charge in [-0.2, -0.15) is 0 Å². The van der Waals surface area contributed by atoms with Gasteiger partial charge in [0, 0.05) is 26.2 Å². The number of nitrogens with one attached hydrogen (secondary N) is 2. The number of carbonyl (C=O) groups is 1. The number of hydrogen-bond acceptors (Lipinski definition) is 4. The van der Waals surface area contributed by atoms with Crippen molar-refractivity contribution < 1.29 is 9.53 Å². The Hall–Kier alpha value is -0.810. The van der Waals surface area contributed by atoms with Gasteiger partial charge in [0.05, 0.1) is 6.67 Å². The van der Waals surface area contributed by atoms with Crippen LogP contribution in [0.1, 0.15) is 20.8 Å². The second-order valence-corrected chi connectivity index (χ2v) is 4.70. The van der Waals surface area contributed by atoms with E-state index in [1.54, 1.807) is 0 Å². The van der Waals surface area contributed by atoms with Crippen molar-refractivity contribution in [1.29, 1.82) is 0 Å². The number of carbonyl (C=O) groups excluding carboxylic acids is 1. The molecule has 1 saturated heterocycles. The van der Waals surface area contributed by atoms with E-state index in [0.29, 0.717) is 6.67 Å². The first-order chi connectivity index (χ1) is 6.97. The third-order valence-electron chi connectivity index (χ3n) is 2.06. The predicted molar refractivity (Wildman–Crippen MR) is 58.7 cm³/mol. The van der Waals surface area contributed by atoms with Crippen molar-refractivity contribution in [1.82, 2.24) is 15.5 Å². The molecule has 1 amide bonds. The van der Waals surface area contributed by atoms with Gasteiger partial charge in [0.2, 0.25) is 0 Å². The fraction of sp³-hybridized carbons (Fsp3) is 0.900. The lowest BCUT2D eigenvalue weighted by molar-refractivity contribution is 0.0487. The van der Waals surface area contributed by atoms with Gasteiger partial charge >= 0.3 is 6.09 Å². The van der Waals surface area contributed by atoms with E-state index in [0.717, 1.165) is 26.2 Å². The van der Waals surface area contributed by atoms with Crippen LogP contribution in [0.15, 0.2) is 0 Å². The molecule has 1 rings (SSSR count). The van der Waals surface area contributed by atoms with E-state index in [4.69, 9.17) is 4.74 Å². The van der Waals surface area contributed by atoms with Gasteiger partial charge in [-0.3, -0.25) is 4.90 Å². The molecule has 0 aromatic rings. The fourth-order valence-electron chi connectivity index (χ4n) is 1.36. The molecule has 0 atom stereocenters. The second kappa shape index (κ2) is 5.32. The number of nitrogens with zero attached hydrogens (tertiary/aromatic N) is 1. The topological polar surface area (TPSA) is 53.6 Å². The average Bonchev–Trinajstić information content (AvgIpc) is 2.14. The number of rotatable bonds is 2. The molecule has 1 aliphatic heterocycles. The van der Waals surface area contributed by atoms with Crippen molar-refractivity contribution in [2.24, 2.45) is 0 Å². The SMILES string of the molecule is CC(C)(C)OC(=O)NCN1CCNCC1. The molecule has 0 aromatic carbocycles. The lowest BCUT2D eigenvalue weighted by Crippen LogP contribution is -2.48. The van der Waals surface area contributed by atoms with Crippen LogP contribution in [0.25, 0.3) is 0 Å². The van der Waals surface area contributed by atoms with Crippen LogP contribution in [-0.2, 0) is 4.74 Å². The van der Waals surface area contributed by atoms with Crippen molar-refractivity contribution in [2.75, 3.05) is 32.8 Å². The zero-order valence-corrected chi connectivity index (χ0v) is 9.80. The minimum atomic E-state index is -0.423. The summed E-state index contributed by atoms with van der Waals surface area (Å²) in [5.41, 5.74) is -0.423. The molecule has 0 aromatic heterocycles. The molecule has 0 spiro atoms. The van der Waals surface area contributed by atoms with Crippen LogP contribution in [0.2, 0.25) is 0 Å². The van der Waals surface area contributed by atoms with E-state index in [1.807, 2.05) is 20.8 Å². The van der Waals surface area contributed by atoms with E-state index >= 15 is 0 Å². The molecule has 5 heteroatoms. The van der Waals surface area contributed by atoms with Gasteiger partial charge in [-0.25, -0.2) is 4.79 Å². The average molecular weight is 215 g/mol. The van der Waals surface area contributed by atoms with E-state index in [9.17, 15) is 4.79 Å². The summed E-state index contributed by atoms with van der Waals surface area (Å²) in [5, 5.41) is 6.00. The predicted octanol–water partition coefficient (Wildman–Crippen LogP) is 0.374. The van der Waals surface area contributed by atoms with Gasteiger partial charge in [-0.1, -0.05) is 0 Å². The van der Waals surface area contributed by atoms with E-state index in [2.05, 4.69) is 15.5 Å². The molecule has 0 bridgehead atoms. The largest absolute Gasteiger partial charge is 0.444 e. The summed E-state index contributed by atoms with van der Waals surface area (Å²) in [5.74, 6) is 0. The van der Waals surface area contributed by atoms with Crippen LogP contribution < -0.4 is 10.6 Å². The summed E-state index contributed by atoms with van der Waals surface area (Å²) >= 11 is 0. The number of piperazine rings is 1. The smallest absolute Gasteiger partial charge is 0.408 e. The van der Waals surface area contributed by atoms with Gasteiger partial charge in [-0.05, 0) is 20.8 Å². The third kappa shape index (κ3) is 5.59. The van der Waals surface area contributed by atoms with Crippen molar-refractivity contribution >= 4 is 6.09 Å². The molecule has 0 aliphatic carbocycles. The number of alkyl carbamates (subject to hydrolysis) is 1. The molecule has 0 unspecified atom stereocenters. The number of amides is 1. The van der Waals surface area contributed by atoms with Gasteiger partial charge in [-0.15, -0.1) is 0 Å². The van der Waals surface area contributed by atoms with Gasteiger partial charge in [0.1, 0.15) is 5.60 Å². The van der Waals surface area contributed by atoms with Crippen molar-refractivity contribution in [3.8, 4) is 0 Å². The highest BCUT2D eigenvalue weighted by molar-refractivity contribution is 5.67. The van der Waals surface area contributed by atoms with Gasteiger partial charge in [0.15, 0.2) is 0 Å². The molecular weight excluding hydrogens is 194 g/mol. The molecule has 88 valence electrons. The molecule has 5 nitrogen and oxygen atoms in total. The lowest BCUT2D eigenvalue weighted by atomic mass is 10.2. The van der Waals surface area contributed by atoms with Crippen LogP contribution in [-0.4, -0.2) is 49.4 Å². The summed E-state index contributed by atoms with van der Waals surface area (Å²) in [6.45, 7) is 10.0. The molecule has 15 heavy (non-hydrogen) atoms. The zero-order chi connectivity index (χ0) is 11.3. The molecule has 1 fully saturated rings. The van der Waals surface area contributed by atoms with Crippen molar-refractivity contribution in [3.05, 3.63) is 0 Å². The Bertz CT molecular complexity index is 207. The maximum atomic E-state index is 11.3. The third-order valence-corrected chi connectivity index (χ3v) is 2.06. The van der Waals surface area contributed by atoms with Gasteiger partial charge in [0.25, 0.3) is 0 Å². The minimum absolute atomic E-state index is 0.346. The Morgan fingerprint density at radius 1 is 1.40 bits per heavy atom. The fourth-order valence-corrected chi connectivity index (χ4v) is 1.36. The van der Waals surface area contributed by atoms with Crippen LogP contribution in [0.5, 0.6) is 0 Å². The first-order valence-corrected chi connectivity index (χ1v) is 5.37. The summed E-state index contributed by atoms with van der Waals surface area (Å²) in [7, 11) is 0. The van der Waals surface area contributed by atoms with Crippen LogP contribution in [0.4, 0.5) is 4.79 Å². The Labute approximate surface area is 91.2 Å². The van der Waals surface area contributed by atoms with E-state index in [1.165, 1.54) is 0 Å². The molecule has 2 N–H and O–H groups in total. The van der Waals surface area contributed by atoms with Crippen LogP contribution >= 0.6 is 0 Å². The summed E-state index contributed by atoms with van der Waals surface area (Å²) in [6.07, 6.45) is -0.346. The summed E-state index contributed by atoms with van der Waals surface area (Å²) in [6, 6.07) is 0. The number of hydrogen-bond donors (Lipinski definition) is 2. The Kier molecular flexibility index (Phi) is 4.35. The summed E-state index contributed by atoms with van der Waals surface area (Å²) < 4.78 is 5.14. The molecule has 0 radical (unpaired) electrons. The lowest BCUT2D eigenvalue weighted by Gasteiger charge is -2.28. The molecule has 0 saturated carbocycles. The highest BCUT2D eigenvalue weighted by Gasteiger charge is 2.17. The van der Waals surface area contributed by atoms with Crippen molar-refractivity contribution in [2.45, 2.75) is 26.4 Å². The highest BCUT2D eigenvalue weighted by atomic mass is 16.6. The standard InChI is InChI=1S/C10H21N3O2/c1-10(2,3)15-9(14)12-8-13-6-4-11-5-7-13/h11H,4-8H2,1-3H3,(H,12,14). The second-order valence-electron chi connectivity index (χ2n) is 4.70. The van der Waals surface area contributed by atoms with Crippen LogP contribution in [0.3, 0.4) is 0 Å². The number of ether oxygens (including phenoxy) is 1. The van der Waals surface area contributed by atoms with E-state index < -0.39 is 5.60 Å². The molecule has 1 aliphatic rings.